The molecule has 0 aliphatic carbocycles. The van der Waals surface area contributed by atoms with Crippen molar-refractivity contribution in [1.82, 2.24) is 9.97 Å². The van der Waals surface area contributed by atoms with Gasteiger partial charge in [0, 0.05) is 0 Å². The van der Waals surface area contributed by atoms with Gasteiger partial charge < -0.3 is 10.3 Å². The molecule has 0 saturated heterocycles. The highest BCUT2D eigenvalue weighted by Gasteiger charge is 2.06. The number of nitrogens with zero attached hydrogens (tertiary/aromatic N) is 1. The average molecular weight is 289 g/mol. The van der Waals surface area contributed by atoms with Crippen LogP contribution in [-0.4, -0.2) is 9.97 Å². The molecule has 2 aromatic heterocycles. The van der Waals surface area contributed by atoms with Crippen molar-refractivity contribution in [3.63, 3.8) is 0 Å². The van der Waals surface area contributed by atoms with E-state index in [-0.39, 0.29) is 17.9 Å². The molecular formula is C14H12FN3OS. The number of halogens is 1. The second kappa shape index (κ2) is 5.05. The van der Waals surface area contributed by atoms with Gasteiger partial charge in [-0.15, -0.1) is 11.3 Å². The average Bonchev–Trinajstić information content (AvgIpc) is 2.89. The number of aromatic amines is 1. The van der Waals surface area contributed by atoms with Gasteiger partial charge in [0.05, 0.1) is 17.7 Å². The maximum atomic E-state index is 13.6. The molecule has 102 valence electrons. The third-order valence-electron chi connectivity index (χ3n) is 2.93. The fourth-order valence-electron chi connectivity index (χ4n) is 1.96. The fourth-order valence-corrected chi connectivity index (χ4v) is 2.68. The van der Waals surface area contributed by atoms with Gasteiger partial charge in [-0.3, -0.25) is 4.79 Å². The first-order valence-corrected chi connectivity index (χ1v) is 6.98. The number of hydrogen-bond donors (Lipinski definition) is 2. The van der Waals surface area contributed by atoms with Crippen molar-refractivity contribution in [1.29, 1.82) is 0 Å². The number of aromatic nitrogens is 2. The van der Waals surface area contributed by atoms with Crippen molar-refractivity contribution < 1.29 is 4.39 Å². The molecule has 0 aliphatic rings. The lowest BCUT2D eigenvalue weighted by molar-refractivity contribution is 0.629. The van der Waals surface area contributed by atoms with Gasteiger partial charge in [-0.1, -0.05) is 6.07 Å². The molecule has 4 nitrogen and oxygen atoms in total. The lowest BCUT2D eigenvalue weighted by Gasteiger charge is -2.08. The zero-order valence-corrected chi connectivity index (χ0v) is 11.6. The normalized spacial score (nSPS) is 10.9. The molecule has 0 aliphatic heterocycles. The monoisotopic (exact) mass is 289 g/mol. The number of aryl methyl sites for hydroxylation is 1. The van der Waals surface area contributed by atoms with E-state index in [0.717, 1.165) is 5.56 Å². The Kier molecular flexibility index (Phi) is 3.23. The molecule has 0 atom stereocenters. The standard InChI is InChI=1S/C14H12FN3OS/c1-8-2-3-9(15)11(6-8)16-7-12-17-10-4-5-20-13(10)14(19)18-12/h2-6,16H,7H2,1H3,(H,17,18,19). The van der Waals surface area contributed by atoms with Crippen molar-refractivity contribution in [2.24, 2.45) is 0 Å². The number of hydrogen-bond acceptors (Lipinski definition) is 4. The van der Waals surface area contributed by atoms with E-state index in [2.05, 4.69) is 15.3 Å². The molecule has 0 radical (unpaired) electrons. The summed E-state index contributed by atoms with van der Waals surface area (Å²) in [7, 11) is 0. The van der Waals surface area contributed by atoms with Crippen LogP contribution in [0.3, 0.4) is 0 Å². The van der Waals surface area contributed by atoms with Crippen molar-refractivity contribution in [2.75, 3.05) is 5.32 Å². The Labute approximate surface area is 118 Å². The van der Waals surface area contributed by atoms with Gasteiger partial charge in [0.2, 0.25) is 0 Å². The molecule has 2 heterocycles. The highest BCUT2D eigenvalue weighted by molar-refractivity contribution is 7.17. The van der Waals surface area contributed by atoms with Crippen molar-refractivity contribution in [2.45, 2.75) is 13.5 Å². The molecule has 0 spiro atoms. The maximum Gasteiger partial charge on any atom is 0.268 e. The van der Waals surface area contributed by atoms with Crippen LogP contribution in [0.25, 0.3) is 10.2 Å². The van der Waals surface area contributed by atoms with E-state index >= 15 is 0 Å². The van der Waals surface area contributed by atoms with Crippen LogP contribution in [0.4, 0.5) is 10.1 Å². The highest BCUT2D eigenvalue weighted by Crippen LogP contribution is 2.17. The lowest BCUT2D eigenvalue weighted by atomic mass is 10.2. The van der Waals surface area contributed by atoms with Gasteiger partial charge in [0.15, 0.2) is 0 Å². The summed E-state index contributed by atoms with van der Waals surface area (Å²) in [6.07, 6.45) is 0. The van der Waals surface area contributed by atoms with E-state index in [9.17, 15) is 9.18 Å². The second-order valence-corrected chi connectivity index (χ2v) is 5.40. The predicted octanol–water partition coefficient (Wildman–Crippen LogP) is 3.04. The van der Waals surface area contributed by atoms with Crippen LogP contribution in [0.1, 0.15) is 11.4 Å². The summed E-state index contributed by atoms with van der Waals surface area (Å²) < 4.78 is 14.2. The summed E-state index contributed by atoms with van der Waals surface area (Å²) in [6, 6.07) is 6.64. The number of thiophene rings is 1. The molecule has 0 bridgehead atoms. The molecule has 20 heavy (non-hydrogen) atoms. The number of fused-ring (bicyclic) bond motifs is 1. The Balaban J connectivity index is 1.86. The summed E-state index contributed by atoms with van der Waals surface area (Å²) in [4.78, 5) is 18.8. The van der Waals surface area contributed by atoms with E-state index in [1.807, 2.05) is 12.3 Å². The largest absolute Gasteiger partial charge is 0.375 e. The van der Waals surface area contributed by atoms with Crippen LogP contribution >= 0.6 is 11.3 Å². The number of H-pyrrole nitrogens is 1. The van der Waals surface area contributed by atoms with E-state index in [1.165, 1.54) is 17.4 Å². The maximum absolute atomic E-state index is 13.6. The topological polar surface area (TPSA) is 57.8 Å². The Morgan fingerprint density at radius 1 is 1.40 bits per heavy atom. The molecule has 3 aromatic rings. The van der Waals surface area contributed by atoms with Gasteiger partial charge in [0.25, 0.3) is 5.56 Å². The molecule has 0 saturated carbocycles. The first-order chi connectivity index (χ1) is 9.63. The molecule has 0 fully saturated rings. The lowest BCUT2D eigenvalue weighted by Crippen LogP contribution is -2.13. The second-order valence-electron chi connectivity index (χ2n) is 4.48. The molecule has 2 N–H and O–H groups in total. The van der Waals surface area contributed by atoms with Crippen molar-refractivity contribution >= 4 is 27.2 Å². The van der Waals surface area contributed by atoms with Gasteiger partial charge in [-0.05, 0) is 36.1 Å². The van der Waals surface area contributed by atoms with Crippen LogP contribution < -0.4 is 10.9 Å². The molecule has 3 rings (SSSR count). The van der Waals surface area contributed by atoms with Gasteiger partial charge in [0.1, 0.15) is 16.3 Å². The SMILES string of the molecule is Cc1ccc(F)c(NCc2nc3ccsc3c(=O)[nH]2)c1. The van der Waals surface area contributed by atoms with E-state index in [4.69, 9.17) is 0 Å². The van der Waals surface area contributed by atoms with E-state index in [1.54, 1.807) is 18.2 Å². The minimum absolute atomic E-state index is 0.161. The molecule has 6 heteroatoms. The minimum Gasteiger partial charge on any atom is -0.375 e. The van der Waals surface area contributed by atoms with Gasteiger partial charge in [-0.2, -0.15) is 0 Å². The number of nitrogens with one attached hydrogen (secondary N) is 2. The van der Waals surface area contributed by atoms with Crippen LogP contribution in [0.5, 0.6) is 0 Å². The predicted molar refractivity (Wildman–Crippen MR) is 78.7 cm³/mol. The smallest absolute Gasteiger partial charge is 0.268 e. The van der Waals surface area contributed by atoms with Crippen molar-refractivity contribution in [3.8, 4) is 0 Å². The summed E-state index contributed by atoms with van der Waals surface area (Å²) in [5, 5.41) is 4.77. The Morgan fingerprint density at radius 3 is 3.10 bits per heavy atom. The van der Waals surface area contributed by atoms with E-state index < -0.39 is 0 Å². The van der Waals surface area contributed by atoms with E-state index in [0.29, 0.717) is 21.7 Å². The molecule has 0 unspecified atom stereocenters. The third-order valence-corrected chi connectivity index (χ3v) is 3.83. The number of benzene rings is 1. The number of anilines is 1. The van der Waals surface area contributed by atoms with Crippen LogP contribution in [0.2, 0.25) is 0 Å². The van der Waals surface area contributed by atoms with Crippen LogP contribution in [0.15, 0.2) is 34.4 Å². The minimum atomic E-state index is -0.324. The summed E-state index contributed by atoms with van der Waals surface area (Å²) >= 11 is 1.35. The Morgan fingerprint density at radius 2 is 2.25 bits per heavy atom. The summed E-state index contributed by atoms with van der Waals surface area (Å²) in [5.74, 6) is 0.163. The quantitative estimate of drug-likeness (QED) is 0.779. The summed E-state index contributed by atoms with van der Waals surface area (Å²) in [6.45, 7) is 2.16. The van der Waals surface area contributed by atoms with Crippen LogP contribution in [0, 0.1) is 12.7 Å². The van der Waals surface area contributed by atoms with Gasteiger partial charge in [-0.25, -0.2) is 9.37 Å². The Bertz CT molecular complexity index is 825. The Hall–Kier alpha value is -2.21. The van der Waals surface area contributed by atoms with Gasteiger partial charge >= 0.3 is 0 Å². The molecule has 1 aromatic carbocycles. The fraction of sp³-hybridized carbons (Fsp3) is 0.143. The zero-order chi connectivity index (χ0) is 14.1. The zero-order valence-electron chi connectivity index (χ0n) is 10.7. The van der Waals surface area contributed by atoms with Crippen molar-refractivity contribution in [3.05, 3.63) is 57.2 Å². The summed E-state index contributed by atoms with van der Waals surface area (Å²) in [5.41, 5.74) is 1.87. The molecule has 0 amide bonds. The molecular weight excluding hydrogens is 277 g/mol. The third kappa shape index (κ3) is 2.42. The number of rotatable bonds is 3. The first-order valence-electron chi connectivity index (χ1n) is 6.10. The first kappa shape index (κ1) is 12.8. The highest BCUT2D eigenvalue weighted by atomic mass is 32.1. The van der Waals surface area contributed by atoms with Crippen LogP contribution in [-0.2, 0) is 6.54 Å².